The van der Waals surface area contributed by atoms with Gasteiger partial charge in [-0.2, -0.15) is 0 Å². The summed E-state index contributed by atoms with van der Waals surface area (Å²) in [6, 6.07) is 10.6. The molecule has 1 amide bonds. The van der Waals surface area contributed by atoms with Gasteiger partial charge in [0, 0.05) is 12.1 Å². The summed E-state index contributed by atoms with van der Waals surface area (Å²) >= 11 is 17.4. The standard InChI is InChI=1S/C18H15Cl2N3O2S/c1-2-4-15(24)23-18(26)21-10-7-8-14-13(9-10)22-17(25-14)11-5-3-6-12(19)16(11)20/h3,5-9H,2,4H2,1H3,(H2,21,23,24,26). The number of halogens is 2. The van der Waals surface area contributed by atoms with Gasteiger partial charge in [0.15, 0.2) is 10.7 Å². The molecule has 0 radical (unpaired) electrons. The zero-order chi connectivity index (χ0) is 18.7. The van der Waals surface area contributed by atoms with E-state index in [1.807, 2.05) is 6.92 Å². The van der Waals surface area contributed by atoms with Gasteiger partial charge in [-0.05, 0) is 49.0 Å². The van der Waals surface area contributed by atoms with Crippen LogP contribution in [-0.4, -0.2) is 16.0 Å². The summed E-state index contributed by atoms with van der Waals surface area (Å²) in [6.07, 6.45) is 1.18. The van der Waals surface area contributed by atoms with Crippen LogP contribution in [0.2, 0.25) is 10.0 Å². The number of anilines is 1. The van der Waals surface area contributed by atoms with Crippen molar-refractivity contribution >= 4 is 63.2 Å². The Morgan fingerprint density at radius 3 is 2.85 bits per heavy atom. The summed E-state index contributed by atoms with van der Waals surface area (Å²) < 4.78 is 5.76. The Hall–Kier alpha value is -2.15. The fourth-order valence-electron chi connectivity index (χ4n) is 2.37. The molecule has 0 atom stereocenters. The van der Waals surface area contributed by atoms with Crippen molar-refractivity contribution in [1.29, 1.82) is 0 Å². The fourth-order valence-corrected chi connectivity index (χ4v) is 2.98. The average molecular weight is 408 g/mol. The molecule has 0 saturated heterocycles. The van der Waals surface area contributed by atoms with Crippen LogP contribution in [0.5, 0.6) is 0 Å². The Balaban J connectivity index is 1.82. The van der Waals surface area contributed by atoms with Gasteiger partial charge in [-0.3, -0.25) is 4.79 Å². The molecule has 26 heavy (non-hydrogen) atoms. The molecule has 1 heterocycles. The van der Waals surface area contributed by atoms with E-state index < -0.39 is 0 Å². The normalized spacial score (nSPS) is 10.7. The highest BCUT2D eigenvalue weighted by molar-refractivity contribution is 7.80. The first-order valence-electron chi connectivity index (χ1n) is 7.93. The van der Waals surface area contributed by atoms with E-state index in [2.05, 4.69) is 15.6 Å². The molecule has 0 aliphatic rings. The highest BCUT2D eigenvalue weighted by Gasteiger charge is 2.14. The Bertz CT molecular complexity index is 988. The van der Waals surface area contributed by atoms with Crippen LogP contribution in [0.3, 0.4) is 0 Å². The second-order valence-electron chi connectivity index (χ2n) is 5.56. The van der Waals surface area contributed by atoms with Crippen molar-refractivity contribution in [3.05, 3.63) is 46.4 Å². The number of aromatic nitrogens is 1. The maximum absolute atomic E-state index is 11.6. The van der Waals surface area contributed by atoms with Gasteiger partial charge >= 0.3 is 0 Å². The van der Waals surface area contributed by atoms with Crippen LogP contribution >= 0.6 is 35.4 Å². The number of oxazole rings is 1. The van der Waals surface area contributed by atoms with Crippen LogP contribution in [0, 0.1) is 0 Å². The van der Waals surface area contributed by atoms with Crippen molar-refractivity contribution in [2.24, 2.45) is 0 Å². The molecule has 3 rings (SSSR count). The maximum Gasteiger partial charge on any atom is 0.228 e. The van der Waals surface area contributed by atoms with Crippen molar-refractivity contribution in [2.75, 3.05) is 5.32 Å². The lowest BCUT2D eigenvalue weighted by Gasteiger charge is -2.08. The second-order valence-corrected chi connectivity index (χ2v) is 6.75. The Morgan fingerprint density at radius 2 is 2.08 bits per heavy atom. The molecule has 0 spiro atoms. The van der Waals surface area contributed by atoms with Gasteiger partial charge in [-0.25, -0.2) is 4.98 Å². The van der Waals surface area contributed by atoms with Crippen molar-refractivity contribution < 1.29 is 9.21 Å². The molecule has 0 aliphatic heterocycles. The second kappa shape index (κ2) is 8.03. The van der Waals surface area contributed by atoms with E-state index >= 15 is 0 Å². The van der Waals surface area contributed by atoms with Crippen LogP contribution in [0.4, 0.5) is 5.69 Å². The molecule has 8 heteroatoms. The van der Waals surface area contributed by atoms with Gasteiger partial charge in [0.05, 0.1) is 15.6 Å². The molecule has 2 aromatic carbocycles. The van der Waals surface area contributed by atoms with Crippen LogP contribution < -0.4 is 10.6 Å². The molecule has 5 nitrogen and oxygen atoms in total. The van der Waals surface area contributed by atoms with Gasteiger partial charge < -0.3 is 15.1 Å². The lowest BCUT2D eigenvalue weighted by atomic mass is 10.2. The zero-order valence-electron chi connectivity index (χ0n) is 13.8. The molecule has 0 unspecified atom stereocenters. The molecule has 0 bridgehead atoms. The van der Waals surface area contributed by atoms with Crippen LogP contribution in [0.15, 0.2) is 40.8 Å². The molecule has 0 saturated carbocycles. The first kappa shape index (κ1) is 18.6. The third kappa shape index (κ3) is 4.15. The number of carbonyl (C=O) groups is 1. The number of hydrogen-bond donors (Lipinski definition) is 2. The minimum Gasteiger partial charge on any atom is -0.436 e. The number of nitrogens with zero attached hydrogens (tertiary/aromatic N) is 1. The molecular weight excluding hydrogens is 393 g/mol. The molecular formula is C18H15Cl2N3O2S. The number of amides is 1. The van der Waals surface area contributed by atoms with Crippen LogP contribution in [0.25, 0.3) is 22.6 Å². The molecule has 3 aromatic rings. The van der Waals surface area contributed by atoms with E-state index in [4.69, 9.17) is 39.8 Å². The van der Waals surface area contributed by atoms with Crippen molar-refractivity contribution in [3.8, 4) is 11.5 Å². The predicted octanol–water partition coefficient (Wildman–Crippen LogP) is 5.41. The largest absolute Gasteiger partial charge is 0.436 e. The first-order valence-corrected chi connectivity index (χ1v) is 9.10. The monoisotopic (exact) mass is 407 g/mol. The van der Waals surface area contributed by atoms with E-state index in [1.54, 1.807) is 36.4 Å². The van der Waals surface area contributed by atoms with Crippen LogP contribution in [-0.2, 0) is 4.79 Å². The molecule has 2 N–H and O–H groups in total. The zero-order valence-corrected chi connectivity index (χ0v) is 16.1. The van der Waals surface area contributed by atoms with E-state index in [0.29, 0.717) is 44.7 Å². The van der Waals surface area contributed by atoms with Gasteiger partial charge in [0.2, 0.25) is 11.8 Å². The Morgan fingerprint density at radius 1 is 1.27 bits per heavy atom. The van der Waals surface area contributed by atoms with Gasteiger partial charge in [0.1, 0.15) is 5.52 Å². The molecule has 134 valence electrons. The fraction of sp³-hybridized carbons (Fsp3) is 0.167. The summed E-state index contributed by atoms with van der Waals surface area (Å²) in [7, 11) is 0. The van der Waals surface area contributed by atoms with E-state index in [1.165, 1.54) is 0 Å². The molecule has 0 fully saturated rings. The number of nitrogens with one attached hydrogen (secondary N) is 2. The van der Waals surface area contributed by atoms with E-state index in [-0.39, 0.29) is 11.0 Å². The predicted molar refractivity (Wildman–Crippen MR) is 109 cm³/mol. The van der Waals surface area contributed by atoms with Gasteiger partial charge in [-0.1, -0.05) is 36.2 Å². The highest BCUT2D eigenvalue weighted by atomic mass is 35.5. The Kier molecular flexibility index (Phi) is 5.76. The maximum atomic E-state index is 11.6. The lowest BCUT2D eigenvalue weighted by Crippen LogP contribution is -2.33. The number of carbonyl (C=O) groups excluding carboxylic acids is 1. The quantitative estimate of drug-likeness (QED) is 0.565. The SMILES string of the molecule is CCCC(=O)NC(=S)Nc1ccc2oc(-c3cccc(Cl)c3Cl)nc2c1. The van der Waals surface area contributed by atoms with Crippen molar-refractivity contribution in [3.63, 3.8) is 0 Å². The van der Waals surface area contributed by atoms with Gasteiger partial charge in [-0.15, -0.1) is 0 Å². The summed E-state index contributed by atoms with van der Waals surface area (Å²) in [5.74, 6) is 0.258. The highest BCUT2D eigenvalue weighted by Crippen LogP contribution is 2.34. The van der Waals surface area contributed by atoms with Crippen LogP contribution in [0.1, 0.15) is 19.8 Å². The number of benzene rings is 2. The molecule has 1 aromatic heterocycles. The summed E-state index contributed by atoms with van der Waals surface area (Å²) in [4.78, 5) is 16.0. The van der Waals surface area contributed by atoms with E-state index in [0.717, 1.165) is 6.42 Å². The number of hydrogen-bond acceptors (Lipinski definition) is 4. The minimum atomic E-state index is -0.120. The van der Waals surface area contributed by atoms with Crippen molar-refractivity contribution in [2.45, 2.75) is 19.8 Å². The summed E-state index contributed by atoms with van der Waals surface area (Å²) in [5, 5.41) is 6.65. The number of fused-ring (bicyclic) bond motifs is 1. The third-order valence-electron chi connectivity index (χ3n) is 3.56. The third-order valence-corrected chi connectivity index (χ3v) is 4.58. The topological polar surface area (TPSA) is 67.2 Å². The number of rotatable bonds is 4. The Labute approximate surface area is 165 Å². The first-order chi connectivity index (χ1) is 12.5. The summed E-state index contributed by atoms with van der Waals surface area (Å²) in [5.41, 5.74) is 2.54. The summed E-state index contributed by atoms with van der Waals surface area (Å²) in [6.45, 7) is 1.93. The number of thiocarbonyl (C=S) groups is 1. The van der Waals surface area contributed by atoms with Gasteiger partial charge in [0.25, 0.3) is 0 Å². The van der Waals surface area contributed by atoms with Crippen molar-refractivity contribution in [1.82, 2.24) is 10.3 Å². The lowest BCUT2D eigenvalue weighted by molar-refractivity contribution is -0.119. The molecule has 0 aliphatic carbocycles. The smallest absolute Gasteiger partial charge is 0.228 e. The average Bonchev–Trinajstić information content (AvgIpc) is 3.00. The minimum absolute atomic E-state index is 0.120. The van der Waals surface area contributed by atoms with E-state index in [9.17, 15) is 4.79 Å².